The zero-order chi connectivity index (χ0) is 4.24. The molecule has 1 aliphatic rings. The largest absolute Gasteiger partial charge is 3.00 e. The normalized spacial score (nSPS) is 7.20. The van der Waals surface area contributed by atoms with Crippen molar-refractivity contribution in [2.45, 2.75) is 0 Å². The van der Waals surface area contributed by atoms with Crippen molar-refractivity contribution in [3.05, 3.63) is 0 Å². The minimum Gasteiger partial charge on any atom is -1.00 e. The van der Waals surface area contributed by atoms with Gasteiger partial charge in [0.05, 0.1) is 0 Å². The van der Waals surface area contributed by atoms with Gasteiger partial charge in [-0.25, -0.2) is 0 Å². The van der Waals surface area contributed by atoms with Crippen molar-refractivity contribution in [1.82, 2.24) is 0 Å². The molecule has 0 aromatic rings. The van der Waals surface area contributed by atoms with Crippen molar-refractivity contribution in [3.63, 3.8) is 0 Å². The maximum absolute atomic E-state index is 2.36. The van der Waals surface area contributed by atoms with Gasteiger partial charge in [0.25, 0.3) is 0 Å². The molecule has 1 aliphatic heterocycles. The zero-order valence-electron chi connectivity index (χ0n) is 9.90. The fraction of sp³-hybridized carbons (Fsp3) is 1.00. The first-order chi connectivity index (χ1) is 3.00. The van der Waals surface area contributed by atoms with Crippen molar-refractivity contribution >= 4 is 48.9 Å². The Morgan fingerprint density at radius 1 is 0.350 bits per heavy atom. The van der Waals surface area contributed by atoms with E-state index in [4.69, 9.17) is 0 Å². The summed E-state index contributed by atoms with van der Waals surface area (Å²) in [4.78, 5) is 0. The van der Waals surface area contributed by atoms with Crippen molar-refractivity contribution in [3.8, 4) is 0 Å². The Bertz CT molecular complexity index is 57.9. The van der Waals surface area contributed by atoms with E-state index in [0.29, 0.717) is 0 Å². The van der Waals surface area contributed by atoms with Crippen LogP contribution in [-0.2, 0) is 0 Å². The minimum atomic E-state index is 0. The Balaban J connectivity index is -0.00000000214. The van der Waals surface area contributed by atoms with Gasteiger partial charge in [-0.05, 0) is 0 Å². The van der Waals surface area contributed by atoms with Gasteiger partial charge in [-0.15, -0.1) is 0 Å². The maximum Gasteiger partial charge on any atom is 3.00 e. The molecule has 0 aromatic heterocycles. The molecule has 0 amide bonds. The van der Waals surface area contributed by atoms with E-state index >= 15 is 0 Å². The van der Waals surface area contributed by atoms with Crippen molar-refractivity contribution in [2.24, 2.45) is 0 Å². The fourth-order valence-corrected chi connectivity index (χ4v) is 0.760. The molecule has 0 aliphatic carbocycles. The predicted molar refractivity (Wildman–Crippen MR) is 49.3 cm³/mol. The fourth-order valence-electron chi connectivity index (χ4n) is 0.760. The minimum absolute atomic E-state index is 0. The summed E-state index contributed by atoms with van der Waals surface area (Å²) in [7, 11) is 0. The zero-order valence-corrected chi connectivity index (χ0v) is 32.3. The summed E-state index contributed by atoms with van der Waals surface area (Å²) >= 11 is 0. The van der Waals surface area contributed by atoms with E-state index in [1.54, 1.807) is 0 Å². The summed E-state index contributed by atoms with van der Waals surface area (Å²) in [6, 6.07) is 0. The average Bonchev–Trinajstić information content (AvgIpc) is 1.72. The van der Waals surface area contributed by atoms with E-state index in [0.717, 1.165) is 0 Å². The van der Waals surface area contributed by atoms with Crippen LogP contribution in [0.5, 0.6) is 0 Å². The molecule has 4 radical (unpaired) electrons. The molecule has 6 nitrogen and oxygen atoms in total. The molecule has 0 atom stereocenters. The van der Waals surface area contributed by atoms with Gasteiger partial charge in [-0.2, -0.15) is 0 Å². The van der Waals surface area contributed by atoms with Gasteiger partial charge >= 0.3 is 48.9 Å². The third-order valence-electron chi connectivity index (χ3n) is 1.15. The first-order valence-corrected chi connectivity index (χ1v) is 2.63. The van der Waals surface area contributed by atoms with Crippen molar-refractivity contribution in [2.75, 3.05) is 26.2 Å². The predicted octanol–water partition coefficient (Wildman–Crippen LogP) is -30.9. The Morgan fingerprint density at radius 2 is 0.450 bits per heavy atom. The van der Waals surface area contributed by atoms with Crippen LogP contribution in [-0.4, -0.2) is 96.9 Å². The quantitative estimate of drug-likeness (QED) is 0.175. The summed E-state index contributed by atoms with van der Waals surface area (Å²) in [6.45, 7) is 5.28. The number of piperazine rings is 1. The van der Waals surface area contributed by atoms with Gasteiger partial charge in [0, 0.05) is 0 Å². The van der Waals surface area contributed by atoms with E-state index in [2.05, 4.69) is 10.6 Å². The van der Waals surface area contributed by atoms with Crippen LogP contribution in [0.4, 0.5) is 0 Å². The molecule has 0 aromatic carbocycles. The van der Waals surface area contributed by atoms with Crippen LogP contribution in [0.25, 0.3) is 0 Å². The van der Waals surface area contributed by atoms with Gasteiger partial charge in [-0.1, -0.05) is 0 Å². The van der Waals surface area contributed by atoms with Crippen LogP contribution in [0.15, 0.2) is 0 Å². The molecular formula is C4H20I8N2O4Sb2. The molecule has 12 N–H and O–H groups in total. The van der Waals surface area contributed by atoms with Crippen molar-refractivity contribution < 1.29 is 224 Å². The van der Waals surface area contributed by atoms with Crippen LogP contribution >= 0.6 is 0 Å². The van der Waals surface area contributed by atoms with E-state index < -0.39 is 0 Å². The SMILES string of the molecule is C1C[NH2+]CC[NH2+]1.O.O.O.O.[I-].[I-].[I-].[I-].[I-].[I-].[I-].[I-].[Sb+3].[Sb+3]. The molecule has 1 fully saturated rings. The molecule has 16 heteroatoms. The third-order valence-corrected chi connectivity index (χ3v) is 1.15. The number of hydrogen-bond donors (Lipinski definition) is 2. The summed E-state index contributed by atoms with van der Waals surface area (Å²) in [6.07, 6.45) is 0. The molecule has 0 saturated carbocycles. The summed E-state index contributed by atoms with van der Waals surface area (Å²) in [5.74, 6) is 0. The van der Waals surface area contributed by atoms with E-state index in [9.17, 15) is 0 Å². The number of hydrogen-bond acceptors (Lipinski definition) is 0. The van der Waals surface area contributed by atoms with Gasteiger partial charge in [0.1, 0.15) is 26.2 Å². The average molecular weight is 1420 g/mol. The third kappa shape index (κ3) is 84.6. The van der Waals surface area contributed by atoms with Gasteiger partial charge in [0.15, 0.2) is 0 Å². The molecule has 1 saturated heterocycles. The summed E-state index contributed by atoms with van der Waals surface area (Å²) in [5, 5.41) is 4.72. The van der Waals surface area contributed by atoms with E-state index in [1.807, 2.05) is 0 Å². The molecule has 0 bridgehead atoms. The second-order valence-electron chi connectivity index (χ2n) is 1.73. The Hall–Kier alpha value is 7.24. The van der Waals surface area contributed by atoms with Crippen LogP contribution < -0.4 is 202 Å². The number of quaternary nitrogens is 2. The van der Waals surface area contributed by atoms with Gasteiger partial charge in [0.2, 0.25) is 0 Å². The molecule has 0 unspecified atom stereocenters. The molecular weight excluding hydrogens is 1400 g/mol. The molecule has 1 heterocycles. The Kier molecular flexibility index (Phi) is 510. The topological polar surface area (TPSA) is 159 Å². The van der Waals surface area contributed by atoms with Crippen molar-refractivity contribution in [1.29, 1.82) is 0 Å². The summed E-state index contributed by atoms with van der Waals surface area (Å²) in [5.41, 5.74) is 0. The molecule has 136 valence electrons. The molecule has 20 heavy (non-hydrogen) atoms. The molecule has 0 spiro atoms. The van der Waals surface area contributed by atoms with E-state index in [1.165, 1.54) is 26.2 Å². The summed E-state index contributed by atoms with van der Waals surface area (Å²) < 4.78 is 0. The second-order valence-corrected chi connectivity index (χ2v) is 1.73. The Morgan fingerprint density at radius 3 is 0.500 bits per heavy atom. The van der Waals surface area contributed by atoms with Crippen LogP contribution in [0.3, 0.4) is 0 Å². The first-order valence-electron chi connectivity index (χ1n) is 2.63. The number of halogens is 8. The van der Waals surface area contributed by atoms with Gasteiger partial charge < -0.3 is 224 Å². The Labute approximate surface area is 292 Å². The maximum atomic E-state index is 2.36. The van der Waals surface area contributed by atoms with Crippen LogP contribution in [0, 0.1) is 0 Å². The van der Waals surface area contributed by atoms with Crippen LogP contribution in [0.1, 0.15) is 0 Å². The van der Waals surface area contributed by atoms with Gasteiger partial charge in [-0.3, -0.25) is 0 Å². The monoisotopic (exact) mass is 1420 g/mol. The smallest absolute Gasteiger partial charge is 1.00 e. The molecule has 1 rings (SSSR count). The first kappa shape index (κ1) is 107. The van der Waals surface area contributed by atoms with E-state index in [-0.39, 0.29) is 263 Å². The second kappa shape index (κ2) is 95.4. The number of rotatable bonds is 0. The standard InChI is InChI=1S/C4H10N2.8HI.4H2O.2Sb/c1-2-6-4-3-5-1;;;;;;;;;;;;;;/h5-6H,1-4H2;8*1H;4*1H2;;/q;;;;;;;;;;;;;2*+3/p-6. The van der Waals surface area contributed by atoms with Crippen LogP contribution in [0.2, 0.25) is 0 Å². The number of nitrogens with two attached hydrogens (primary N) is 2.